The van der Waals surface area contributed by atoms with Crippen LogP contribution in [0.1, 0.15) is 19.3 Å². The quantitative estimate of drug-likeness (QED) is 0.892. The maximum absolute atomic E-state index is 13.1. The number of aromatic nitrogens is 2. The minimum atomic E-state index is -0.237. The molecule has 2 N–H and O–H groups in total. The molecular formula is C14H19FN4. The van der Waals surface area contributed by atoms with Crippen molar-refractivity contribution in [1.82, 2.24) is 15.3 Å². The van der Waals surface area contributed by atoms with Gasteiger partial charge in [-0.15, -0.1) is 0 Å². The molecule has 1 saturated heterocycles. The second-order valence-electron chi connectivity index (χ2n) is 5.25. The first-order chi connectivity index (χ1) is 9.22. The second-order valence-corrected chi connectivity index (χ2v) is 5.25. The third kappa shape index (κ3) is 2.71. The summed E-state index contributed by atoms with van der Waals surface area (Å²) in [5.74, 6) is 0.562. The average Bonchev–Trinajstić information content (AvgIpc) is 2.83. The van der Waals surface area contributed by atoms with Crippen LogP contribution in [-0.2, 0) is 0 Å². The second kappa shape index (κ2) is 5.17. The summed E-state index contributed by atoms with van der Waals surface area (Å²) in [7, 11) is 2.02. The van der Waals surface area contributed by atoms with Crippen LogP contribution < -0.4 is 10.2 Å². The van der Waals surface area contributed by atoms with Gasteiger partial charge >= 0.3 is 0 Å². The van der Waals surface area contributed by atoms with Crippen LogP contribution in [0.3, 0.4) is 0 Å². The number of halogens is 1. The number of hydrogen-bond acceptors (Lipinski definition) is 3. The fourth-order valence-corrected chi connectivity index (χ4v) is 2.65. The predicted molar refractivity (Wildman–Crippen MR) is 75.0 cm³/mol. The van der Waals surface area contributed by atoms with Crippen molar-refractivity contribution in [2.24, 2.45) is 0 Å². The lowest BCUT2D eigenvalue weighted by Gasteiger charge is -2.27. The third-order valence-electron chi connectivity index (χ3n) is 3.70. The topological polar surface area (TPSA) is 44.0 Å². The lowest BCUT2D eigenvalue weighted by atomic mass is 10.1. The molecule has 0 spiro atoms. The lowest BCUT2D eigenvalue weighted by Crippen LogP contribution is -2.42. The summed E-state index contributed by atoms with van der Waals surface area (Å²) < 4.78 is 13.1. The summed E-state index contributed by atoms with van der Waals surface area (Å²) in [5.41, 5.74) is 1.55. The molecule has 4 nitrogen and oxygen atoms in total. The number of nitrogens with one attached hydrogen (secondary N) is 2. The summed E-state index contributed by atoms with van der Waals surface area (Å²) in [6.45, 7) is 2.02. The largest absolute Gasteiger partial charge is 0.344 e. The highest BCUT2D eigenvalue weighted by Crippen LogP contribution is 2.18. The molecule has 0 radical (unpaired) electrons. The van der Waals surface area contributed by atoms with Crippen molar-refractivity contribution in [1.29, 1.82) is 0 Å². The number of piperidine rings is 1. The molecule has 0 amide bonds. The van der Waals surface area contributed by atoms with Crippen molar-refractivity contribution in [3.8, 4) is 0 Å². The Morgan fingerprint density at radius 3 is 3.11 bits per heavy atom. The molecule has 0 saturated carbocycles. The van der Waals surface area contributed by atoms with E-state index in [2.05, 4.69) is 20.2 Å². The van der Waals surface area contributed by atoms with Gasteiger partial charge in [0.1, 0.15) is 5.82 Å². The van der Waals surface area contributed by atoms with Gasteiger partial charge in [-0.3, -0.25) is 0 Å². The number of likely N-dealkylation sites (N-methyl/N-ethyl adjacent to an activating group) is 1. The van der Waals surface area contributed by atoms with Gasteiger partial charge in [0, 0.05) is 19.6 Å². The maximum atomic E-state index is 13.1. The summed E-state index contributed by atoms with van der Waals surface area (Å²) in [4.78, 5) is 9.77. The monoisotopic (exact) mass is 262 g/mol. The van der Waals surface area contributed by atoms with Crippen LogP contribution in [0.4, 0.5) is 10.3 Å². The van der Waals surface area contributed by atoms with Gasteiger partial charge in [-0.25, -0.2) is 9.37 Å². The molecule has 1 aromatic heterocycles. The summed E-state index contributed by atoms with van der Waals surface area (Å²) >= 11 is 0. The first-order valence-corrected chi connectivity index (χ1v) is 6.82. The molecule has 2 aromatic rings. The number of anilines is 1. The van der Waals surface area contributed by atoms with Crippen LogP contribution in [0.25, 0.3) is 11.0 Å². The fourth-order valence-electron chi connectivity index (χ4n) is 2.65. The van der Waals surface area contributed by atoms with Crippen LogP contribution in [0, 0.1) is 5.82 Å². The molecule has 0 bridgehead atoms. The average molecular weight is 262 g/mol. The Kier molecular flexibility index (Phi) is 3.38. The standard InChI is InChI=1S/C14H19FN4/c1-19(9-11-4-2-3-7-16-11)14-17-12-6-5-10(15)8-13(12)18-14/h5-6,8,11,16H,2-4,7,9H2,1H3,(H,17,18). The van der Waals surface area contributed by atoms with Gasteiger partial charge in [0.2, 0.25) is 5.95 Å². The lowest BCUT2D eigenvalue weighted by molar-refractivity contribution is 0.402. The van der Waals surface area contributed by atoms with E-state index in [1.165, 1.54) is 31.4 Å². The Balaban J connectivity index is 1.75. The van der Waals surface area contributed by atoms with Gasteiger partial charge in [-0.05, 0) is 37.6 Å². The minimum absolute atomic E-state index is 0.237. The number of hydrogen-bond donors (Lipinski definition) is 2. The van der Waals surface area contributed by atoms with Gasteiger partial charge in [0.15, 0.2) is 0 Å². The minimum Gasteiger partial charge on any atom is -0.344 e. The third-order valence-corrected chi connectivity index (χ3v) is 3.70. The number of rotatable bonds is 3. The van der Waals surface area contributed by atoms with E-state index in [0.29, 0.717) is 6.04 Å². The normalized spacial score (nSPS) is 19.8. The summed E-state index contributed by atoms with van der Waals surface area (Å²) in [5, 5.41) is 3.52. The van der Waals surface area contributed by atoms with E-state index in [1.54, 1.807) is 6.07 Å². The van der Waals surface area contributed by atoms with Crippen LogP contribution in [-0.4, -0.2) is 36.1 Å². The number of H-pyrrole nitrogens is 1. The molecule has 19 heavy (non-hydrogen) atoms. The van der Waals surface area contributed by atoms with E-state index in [1.807, 2.05) is 7.05 Å². The fraction of sp³-hybridized carbons (Fsp3) is 0.500. The van der Waals surface area contributed by atoms with Crippen molar-refractivity contribution in [3.63, 3.8) is 0 Å². The smallest absolute Gasteiger partial charge is 0.203 e. The highest BCUT2D eigenvalue weighted by atomic mass is 19.1. The zero-order chi connectivity index (χ0) is 13.2. The molecule has 3 rings (SSSR count). The van der Waals surface area contributed by atoms with E-state index < -0.39 is 0 Å². The zero-order valence-electron chi connectivity index (χ0n) is 11.1. The maximum Gasteiger partial charge on any atom is 0.203 e. The van der Waals surface area contributed by atoms with E-state index in [9.17, 15) is 4.39 Å². The predicted octanol–water partition coefficient (Wildman–Crippen LogP) is 2.28. The van der Waals surface area contributed by atoms with Gasteiger partial charge < -0.3 is 15.2 Å². The highest BCUT2D eigenvalue weighted by molar-refractivity contribution is 5.77. The zero-order valence-corrected chi connectivity index (χ0v) is 11.1. The molecule has 1 aliphatic heterocycles. The Morgan fingerprint density at radius 2 is 2.32 bits per heavy atom. The molecule has 1 atom stereocenters. The van der Waals surface area contributed by atoms with Crippen LogP contribution in [0.15, 0.2) is 18.2 Å². The summed E-state index contributed by atoms with van der Waals surface area (Å²) in [6, 6.07) is 5.15. The van der Waals surface area contributed by atoms with E-state index in [4.69, 9.17) is 0 Å². The van der Waals surface area contributed by atoms with Crippen molar-refractivity contribution in [2.75, 3.05) is 25.0 Å². The number of benzene rings is 1. The van der Waals surface area contributed by atoms with E-state index in [0.717, 1.165) is 30.1 Å². The molecule has 1 fully saturated rings. The Bertz CT molecular complexity index is 560. The van der Waals surface area contributed by atoms with Crippen LogP contribution >= 0.6 is 0 Å². The number of fused-ring (bicyclic) bond motifs is 1. The molecule has 102 valence electrons. The Hall–Kier alpha value is -1.62. The van der Waals surface area contributed by atoms with Gasteiger partial charge in [-0.1, -0.05) is 6.42 Å². The Labute approximate surface area is 112 Å². The first kappa shape index (κ1) is 12.4. The van der Waals surface area contributed by atoms with E-state index in [-0.39, 0.29) is 5.82 Å². The molecule has 1 unspecified atom stereocenters. The Morgan fingerprint density at radius 1 is 1.42 bits per heavy atom. The molecule has 5 heteroatoms. The van der Waals surface area contributed by atoms with E-state index >= 15 is 0 Å². The molecular weight excluding hydrogens is 243 g/mol. The van der Waals surface area contributed by atoms with Crippen LogP contribution in [0.5, 0.6) is 0 Å². The van der Waals surface area contributed by atoms with Crippen LogP contribution in [0.2, 0.25) is 0 Å². The molecule has 2 heterocycles. The SMILES string of the molecule is CN(CC1CCCCN1)c1nc2ccc(F)cc2[nH]1. The summed E-state index contributed by atoms with van der Waals surface area (Å²) in [6.07, 6.45) is 3.76. The molecule has 0 aliphatic carbocycles. The van der Waals surface area contributed by atoms with Gasteiger partial charge in [0.05, 0.1) is 11.0 Å². The number of nitrogens with zero attached hydrogens (tertiary/aromatic N) is 2. The van der Waals surface area contributed by atoms with Gasteiger partial charge in [-0.2, -0.15) is 0 Å². The molecule has 1 aromatic carbocycles. The molecule has 1 aliphatic rings. The van der Waals surface area contributed by atoms with Crippen molar-refractivity contribution in [3.05, 3.63) is 24.0 Å². The number of aromatic amines is 1. The number of imidazole rings is 1. The first-order valence-electron chi connectivity index (χ1n) is 6.82. The van der Waals surface area contributed by atoms with Crippen molar-refractivity contribution in [2.45, 2.75) is 25.3 Å². The van der Waals surface area contributed by atoms with Crippen molar-refractivity contribution < 1.29 is 4.39 Å². The van der Waals surface area contributed by atoms with Crippen molar-refractivity contribution >= 4 is 17.0 Å². The van der Waals surface area contributed by atoms with Gasteiger partial charge in [0.25, 0.3) is 0 Å². The highest BCUT2D eigenvalue weighted by Gasteiger charge is 2.16.